The molecular formula is C19H18ClN3O5S. The van der Waals surface area contributed by atoms with Crippen LogP contribution in [0.5, 0.6) is 0 Å². The molecule has 0 atom stereocenters. The Bertz CT molecular complexity index is 1070. The predicted molar refractivity (Wildman–Crippen MR) is 109 cm³/mol. The van der Waals surface area contributed by atoms with E-state index in [-0.39, 0.29) is 47.3 Å². The van der Waals surface area contributed by atoms with Crippen LogP contribution in [0.25, 0.3) is 11.1 Å². The first kappa shape index (κ1) is 20.9. The first-order valence-corrected chi connectivity index (χ1v) is 10.0. The van der Waals surface area contributed by atoms with Crippen LogP contribution in [-0.4, -0.2) is 34.3 Å². The van der Waals surface area contributed by atoms with E-state index in [0.717, 1.165) is 4.90 Å². The van der Waals surface area contributed by atoms with E-state index in [2.05, 4.69) is 9.97 Å². The number of carbonyl (C=O) groups excluding carboxylic acids is 2. The van der Waals surface area contributed by atoms with Crippen LogP contribution < -0.4 is 5.73 Å². The van der Waals surface area contributed by atoms with Crippen LogP contribution in [0.2, 0.25) is 5.02 Å². The van der Waals surface area contributed by atoms with Gasteiger partial charge in [-0.2, -0.15) is 4.98 Å². The number of carbonyl (C=O) groups is 2. The number of nitrogen functional groups attached to an aromatic ring is 1. The van der Waals surface area contributed by atoms with E-state index in [0.29, 0.717) is 10.8 Å². The summed E-state index contributed by atoms with van der Waals surface area (Å²) in [4.78, 5) is 33.2. The number of ether oxygens (including phenoxy) is 2. The molecule has 2 aromatic heterocycles. The van der Waals surface area contributed by atoms with Crippen LogP contribution in [0.4, 0.5) is 5.82 Å². The van der Waals surface area contributed by atoms with Gasteiger partial charge in [-0.1, -0.05) is 23.7 Å². The van der Waals surface area contributed by atoms with Gasteiger partial charge in [0.2, 0.25) is 5.71 Å². The summed E-state index contributed by atoms with van der Waals surface area (Å²) < 4.78 is 15.7. The monoisotopic (exact) mass is 435 g/mol. The fourth-order valence-corrected chi connectivity index (χ4v) is 3.62. The minimum atomic E-state index is -0.560. The van der Waals surface area contributed by atoms with Crippen LogP contribution in [0.15, 0.2) is 33.6 Å². The Morgan fingerprint density at radius 3 is 2.72 bits per heavy atom. The number of fused-ring (bicyclic) bond motifs is 1. The Morgan fingerprint density at radius 1 is 1.24 bits per heavy atom. The molecule has 0 spiro atoms. The summed E-state index contributed by atoms with van der Waals surface area (Å²) in [5.41, 5.74) is 6.31. The lowest BCUT2D eigenvalue weighted by Crippen LogP contribution is -2.11. The van der Waals surface area contributed by atoms with Gasteiger partial charge < -0.3 is 19.6 Å². The SMILES string of the molecule is CCOC(=O)c1c(C)oc2nc(COC(=O)CSc3ccccc3Cl)nc(N)c12. The fraction of sp³-hybridized carbons (Fsp3) is 0.263. The van der Waals surface area contributed by atoms with E-state index < -0.39 is 11.9 Å². The fourth-order valence-electron chi connectivity index (χ4n) is 2.58. The van der Waals surface area contributed by atoms with Gasteiger partial charge in [0.1, 0.15) is 17.1 Å². The molecule has 3 aromatic rings. The number of rotatable bonds is 7. The lowest BCUT2D eigenvalue weighted by molar-refractivity contribution is -0.141. The van der Waals surface area contributed by atoms with Crippen LogP contribution >= 0.6 is 23.4 Å². The van der Waals surface area contributed by atoms with Gasteiger partial charge in [0.25, 0.3) is 0 Å². The van der Waals surface area contributed by atoms with Crippen molar-refractivity contribution >= 4 is 52.2 Å². The van der Waals surface area contributed by atoms with Gasteiger partial charge in [-0.25, -0.2) is 9.78 Å². The standard InChI is InChI=1S/C19H18ClN3O5S/c1-3-26-19(25)15-10(2)28-18-16(15)17(21)22-13(23-18)8-27-14(24)9-29-12-7-5-4-6-11(12)20/h4-7H,3,8-9H2,1-2H3,(H2,21,22,23). The molecule has 10 heteroatoms. The highest BCUT2D eigenvalue weighted by Crippen LogP contribution is 2.29. The molecule has 8 nitrogen and oxygen atoms in total. The smallest absolute Gasteiger partial charge is 0.342 e. The highest BCUT2D eigenvalue weighted by atomic mass is 35.5. The summed E-state index contributed by atoms with van der Waals surface area (Å²) >= 11 is 7.33. The number of aryl methyl sites for hydroxylation is 1. The van der Waals surface area contributed by atoms with Crippen molar-refractivity contribution in [1.82, 2.24) is 9.97 Å². The lowest BCUT2D eigenvalue weighted by atomic mass is 10.2. The highest BCUT2D eigenvalue weighted by molar-refractivity contribution is 8.00. The first-order valence-electron chi connectivity index (χ1n) is 8.66. The second-order valence-corrected chi connectivity index (χ2v) is 7.26. The Hall–Kier alpha value is -2.78. The van der Waals surface area contributed by atoms with Crippen LogP contribution in [-0.2, 0) is 20.9 Å². The number of halogens is 1. The first-order chi connectivity index (χ1) is 13.9. The molecule has 29 heavy (non-hydrogen) atoms. The maximum atomic E-state index is 12.1. The van der Waals surface area contributed by atoms with E-state index in [4.69, 9.17) is 31.2 Å². The van der Waals surface area contributed by atoms with Gasteiger partial charge in [-0.15, -0.1) is 11.8 Å². The molecule has 0 unspecified atom stereocenters. The zero-order valence-corrected chi connectivity index (χ0v) is 17.3. The summed E-state index contributed by atoms with van der Waals surface area (Å²) in [5, 5.41) is 0.850. The molecule has 0 saturated heterocycles. The molecule has 152 valence electrons. The number of hydrogen-bond donors (Lipinski definition) is 1. The van der Waals surface area contributed by atoms with Gasteiger partial charge in [-0.05, 0) is 26.0 Å². The van der Waals surface area contributed by atoms with Crippen molar-refractivity contribution in [3.63, 3.8) is 0 Å². The Balaban J connectivity index is 1.68. The summed E-state index contributed by atoms with van der Waals surface area (Å²) in [7, 11) is 0. The largest absolute Gasteiger partial charge is 0.462 e. The van der Waals surface area contributed by atoms with Crippen molar-refractivity contribution < 1.29 is 23.5 Å². The van der Waals surface area contributed by atoms with E-state index in [1.165, 1.54) is 11.8 Å². The number of aromatic nitrogens is 2. The average Bonchev–Trinajstić information content (AvgIpc) is 3.02. The molecular weight excluding hydrogens is 418 g/mol. The maximum Gasteiger partial charge on any atom is 0.342 e. The number of furan rings is 1. The normalized spacial score (nSPS) is 10.9. The second kappa shape index (κ2) is 9.15. The number of nitrogens with two attached hydrogens (primary N) is 1. The van der Waals surface area contributed by atoms with Crippen molar-refractivity contribution in [2.24, 2.45) is 0 Å². The molecule has 3 rings (SSSR count). The molecule has 0 fully saturated rings. The zero-order valence-electron chi connectivity index (χ0n) is 15.7. The van der Waals surface area contributed by atoms with Crippen LogP contribution in [0, 0.1) is 6.92 Å². The third kappa shape index (κ3) is 4.80. The molecule has 2 heterocycles. The molecule has 0 aliphatic heterocycles. The summed E-state index contributed by atoms with van der Waals surface area (Å²) in [5.74, 6) is -0.407. The number of hydrogen-bond acceptors (Lipinski definition) is 9. The molecule has 2 N–H and O–H groups in total. The maximum absolute atomic E-state index is 12.1. The third-order valence-electron chi connectivity index (χ3n) is 3.83. The number of benzene rings is 1. The number of nitrogens with zero attached hydrogens (tertiary/aromatic N) is 2. The van der Waals surface area contributed by atoms with Crippen LogP contribution in [0.1, 0.15) is 28.9 Å². The quantitative estimate of drug-likeness (QED) is 0.436. The summed E-state index contributed by atoms with van der Waals surface area (Å²) in [6.45, 7) is 3.34. The van der Waals surface area contributed by atoms with Gasteiger partial charge in [0.05, 0.1) is 22.8 Å². The topological polar surface area (TPSA) is 118 Å². The minimum absolute atomic E-state index is 0.0476. The minimum Gasteiger partial charge on any atom is -0.462 e. The van der Waals surface area contributed by atoms with Crippen molar-refractivity contribution in [1.29, 1.82) is 0 Å². The van der Waals surface area contributed by atoms with Crippen molar-refractivity contribution in [3.05, 3.63) is 46.4 Å². The van der Waals surface area contributed by atoms with Crippen molar-refractivity contribution in [3.8, 4) is 0 Å². The van der Waals surface area contributed by atoms with Gasteiger partial charge in [0.15, 0.2) is 12.4 Å². The average molecular weight is 436 g/mol. The molecule has 0 radical (unpaired) electrons. The van der Waals surface area contributed by atoms with Crippen LogP contribution in [0.3, 0.4) is 0 Å². The van der Waals surface area contributed by atoms with E-state index in [9.17, 15) is 9.59 Å². The summed E-state index contributed by atoms with van der Waals surface area (Å²) in [6, 6.07) is 7.21. The molecule has 0 bridgehead atoms. The number of anilines is 1. The van der Waals surface area contributed by atoms with E-state index in [1.807, 2.05) is 18.2 Å². The predicted octanol–water partition coefficient (Wildman–Crippen LogP) is 3.78. The van der Waals surface area contributed by atoms with Gasteiger partial charge in [0, 0.05) is 4.90 Å². The molecule has 0 amide bonds. The van der Waals surface area contributed by atoms with Crippen molar-refractivity contribution in [2.75, 3.05) is 18.1 Å². The Morgan fingerprint density at radius 2 is 2.00 bits per heavy atom. The lowest BCUT2D eigenvalue weighted by Gasteiger charge is -2.06. The molecule has 1 aromatic carbocycles. The second-order valence-electron chi connectivity index (χ2n) is 5.84. The number of esters is 2. The van der Waals surface area contributed by atoms with Gasteiger partial charge >= 0.3 is 11.9 Å². The van der Waals surface area contributed by atoms with E-state index in [1.54, 1.807) is 19.9 Å². The van der Waals surface area contributed by atoms with Gasteiger partial charge in [-0.3, -0.25) is 4.79 Å². The molecule has 0 aliphatic rings. The zero-order chi connectivity index (χ0) is 21.0. The Labute approximate surface area is 175 Å². The molecule has 0 saturated carbocycles. The Kier molecular flexibility index (Phi) is 6.60. The third-order valence-corrected chi connectivity index (χ3v) is 5.31. The summed E-state index contributed by atoms with van der Waals surface area (Å²) in [6.07, 6.45) is 0. The number of thioether (sulfide) groups is 1. The molecule has 0 aliphatic carbocycles. The van der Waals surface area contributed by atoms with Crippen molar-refractivity contribution in [2.45, 2.75) is 25.3 Å². The van der Waals surface area contributed by atoms with E-state index >= 15 is 0 Å². The highest BCUT2D eigenvalue weighted by Gasteiger charge is 2.24.